The van der Waals surface area contributed by atoms with E-state index < -0.39 is 10.8 Å². The van der Waals surface area contributed by atoms with Crippen LogP contribution in [-0.2, 0) is 10.8 Å². The maximum Gasteiger partial charge on any atom is 0.0363 e. The van der Waals surface area contributed by atoms with Gasteiger partial charge in [0.1, 0.15) is 0 Å². The van der Waals surface area contributed by atoms with Crippen molar-refractivity contribution in [3.63, 3.8) is 0 Å². The Morgan fingerprint density at radius 2 is 1.79 bits per heavy atom. The van der Waals surface area contributed by atoms with Gasteiger partial charge >= 0.3 is 0 Å². The van der Waals surface area contributed by atoms with Crippen LogP contribution in [0.4, 0.5) is 0 Å². The van der Waals surface area contributed by atoms with Gasteiger partial charge in [0.25, 0.3) is 0 Å². The molecule has 82 valence electrons. The summed E-state index contributed by atoms with van der Waals surface area (Å²) >= 11 is 0. The molecule has 2 unspecified atom stereocenters. The van der Waals surface area contributed by atoms with Gasteiger partial charge in [-0.15, -0.1) is 0 Å². The minimum absolute atomic E-state index is 0.357. The fourth-order valence-corrected chi connectivity index (χ4v) is 3.66. The first-order chi connectivity index (χ1) is 6.77. The Kier molecular flexibility index (Phi) is 3.57. The summed E-state index contributed by atoms with van der Waals surface area (Å²) in [6.07, 6.45) is 5.02. The van der Waals surface area contributed by atoms with Crippen molar-refractivity contribution in [2.45, 2.75) is 37.8 Å². The molecule has 1 aliphatic heterocycles. The van der Waals surface area contributed by atoms with E-state index in [1.165, 1.54) is 25.7 Å². The zero-order valence-corrected chi connectivity index (χ0v) is 9.47. The lowest BCUT2D eigenvalue weighted by molar-refractivity contribution is 0.149. The molecule has 0 aromatic carbocycles. The summed E-state index contributed by atoms with van der Waals surface area (Å²) in [5.74, 6) is 1.70. The summed E-state index contributed by atoms with van der Waals surface area (Å²) in [7, 11) is -0.559. The Morgan fingerprint density at radius 3 is 2.43 bits per heavy atom. The maximum absolute atomic E-state index is 11.2. The molecule has 2 N–H and O–H groups in total. The van der Waals surface area contributed by atoms with E-state index in [9.17, 15) is 4.21 Å². The van der Waals surface area contributed by atoms with Crippen LogP contribution in [-0.4, -0.2) is 45.8 Å². The normalized spacial score (nSPS) is 37.2. The van der Waals surface area contributed by atoms with Crippen LogP contribution < -0.4 is 5.73 Å². The molecule has 1 heterocycles. The van der Waals surface area contributed by atoms with Crippen LogP contribution in [0.3, 0.4) is 0 Å². The highest BCUT2D eigenvalue weighted by atomic mass is 32.2. The standard InChI is InChI=1S/C10H20N2OS/c11-9-3-1-2-4-10(9)12-5-7-14(13)8-6-12/h9-10H,1-8,11H2. The number of nitrogens with two attached hydrogens (primary N) is 1. The molecule has 1 aliphatic carbocycles. The molecule has 0 spiro atoms. The Balaban J connectivity index is 1.90. The summed E-state index contributed by atoms with van der Waals surface area (Å²) in [6.45, 7) is 1.98. The van der Waals surface area contributed by atoms with Crippen LogP contribution in [0.5, 0.6) is 0 Å². The largest absolute Gasteiger partial charge is 0.326 e. The number of hydrogen-bond donors (Lipinski definition) is 1. The second-order valence-corrected chi connectivity index (χ2v) is 6.10. The van der Waals surface area contributed by atoms with E-state index in [4.69, 9.17) is 5.73 Å². The van der Waals surface area contributed by atoms with Gasteiger partial charge < -0.3 is 5.73 Å². The first-order valence-corrected chi connectivity index (χ1v) is 7.11. The predicted molar refractivity (Wildman–Crippen MR) is 59.7 cm³/mol. The van der Waals surface area contributed by atoms with E-state index in [-0.39, 0.29) is 0 Å². The molecule has 0 radical (unpaired) electrons. The van der Waals surface area contributed by atoms with Gasteiger partial charge in [-0.25, -0.2) is 0 Å². The average Bonchev–Trinajstić information content (AvgIpc) is 2.20. The Bertz CT molecular complexity index is 212. The molecule has 0 amide bonds. The van der Waals surface area contributed by atoms with Crippen molar-refractivity contribution < 1.29 is 4.21 Å². The molecular weight excluding hydrogens is 196 g/mol. The highest BCUT2D eigenvalue weighted by Crippen LogP contribution is 2.22. The molecule has 2 aliphatic rings. The van der Waals surface area contributed by atoms with Gasteiger partial charge in [0, 0.05) is 47.5 Å². The average molecular weight is 216 g/mol. The lowest BCUT2D eigenvalue weighted by Gasteiger charge is -2.40. The van der Waals surface area contributed by atoms with E-state index >= 15 is 0 Å². The molecular formula is C10H20N2OS. The molecule has 14 heavy (non-hydrogen) atoms. The van der Waals surface area contributed by atoms with Crippen molar-refractivity contribution in [2.75, 3.05) is 24.6 Å². The van der Waals surface area contributed by atoms with E-state index in [1.807, 2.05) is 0 Å². The van der Waals surface area contributed by atoms with Gasteiger partial charge in [-0.1, -0.05) is 12.8 Å². The van der Waals surface area contributed by atoms with Crippen LogP contribution in [0.15, 0.2) is 0 Å². The molecule has 2 rings (SSSR count). The highest BCUT2D eigenvalue weighted by Gasteiger charge is 2.29. The van der Waals surface area contributed by atoms with Crippen molar-refractivity contribution in [1.82, 2.24) is 4.90 Å². The van der Waals surface area contributed by atoms with Crippen molar-refractivity contribution in [3.8, 4) is 0 Å². The fraction of sp³-hybridized carbons (Fsp3) is 1.00. The van der Waals surface area contributed by atoms with E-state index in [2.05, 4.69) is 4.90 Å². The Labute approximate surface area is 88.5 Å². The Morgan fingerprint density at radius 1 is 1.14 bits per heavy atom. The maximum atomic E-state index is 11.2. The Hall–Kier alpha value is 0.0700. The summed E-state index contributed by atoms with van der Waals surface area (Å²) in [4.78, 5) is 2.46. The molecule has 0 aromatic rings. The second kappa shape index (κ2) is 4.73. The van der Waals surface area contributed by atoms with Gasteiger partial charge in [0.15, 0.2) is 0 Å². The smallest absolute Gasteiger partial charge is 0.0363 e. The number of hydrogen-bond acceptors (Lipinski definition) is 3. The fourth-order valence-electron chi connectivity index (χ4n) is 2.58. The second-order valence-electron chi connectivity index (χ2n) is 4.40. The molecule has 0 aromatic heterocycles. The minimum Gasteiger partial charge on any atom is -0.326 e. The van der Waals surface area contributed by atoms with Crippen LogP contribution in [0, 0.1) is 0 Å². The SMILES string of the molecule is NC1CCCCC1N1CCS(=O)CC1. The third-order valence-corrected chi connectivity index (χ3v) is 4.74. The summed E-state index contributed by atoms with van der Waals surface area (Å²) in [5, 5.41) is 0. The summed E-state index contributed by atoms with van der Waals surface area (Å²) in [6, 6.07) is 0.927. The lowest BCUT2D eigenvalue weighted by Crippen LogP contribution is -2.53. The van der Waals surface area contributed by atoms with Gasteiger partial charge in [-0.05, 0) is 12.8 Å². The van der Waals surface area contributed by atoms with Crippen molar-refractivity contribution in [2.24, 2.45) is 5.73 Å². The zero-order chi connectivity index (χ0) is 9.97. The summed E-state index contributed by atoms with van der Waals surface area (Å²) in [5.41, 5.74) is 6.13. The van der Waals surface area contributed by atoms with E-state index in [0.717, 1.165) is 24.6 Å². The van der Waals surface area contributed by atoms with E-state index in [1.54, 1.807) is 0 Å². The first kappa shape index (κ1) is 10.6. The monoisotopic (exact) mass is 216 g/mol. The molecule has 3 nitrogen and oxygen atoms in total. The minimum atomic E-state index is -0.559. The lowest BCUT2D eigenvalue weighted by atomic mass is 9.90. The summed E-state index contributed by atoms with van der Waals surface area (Å²) < 4.78 is 11.2. The van der Waals surface area contributed by atoms with Crippen molar-refractivity contribution >= 4 is 10.8 Å². The highest BCUT2D eigenvalue weighted by molar-refractivity contribution is 7.85. The molecule has 1 saturated heterocycles. The molecule has 1 saturated carbocycles. The van der Waals surface area contributed by atoms with Crippen LogP contribution in [0.1, 0.15) is 25.7 Å². The van der Waals surface area contributed by atoms with Crippen LogP contribution in [0.25, 0.3) is 0 Å². The van der Waals surface area contributed by atoms with Gasteiger partial charge in [-0.3, -0.25) is 9.11 Å². The topological polar surface area (TPSA) is 46.3 Å². The van der Waals surface area contributed by atoms with E-state index in [0.29, 0.717) is 12.1 Å². The van der Waals surface area contributed by atoms with Gasteiger partial charge in [0.05, 0.1) is 0 Å². The molecule has 2 atom stereocenters. The van der Waals surface area contributed by atoms with Gasteiger partial charge in [0.2, 0.25) is 0 Å². The van der Waals surface area contributed by atoms with Gasteiger partial charge in [-0.2, -0.15) is 0 Å². The first-order valence-electron chi connectivity index (χ1n) is 5.62. The third kappa shape index (κ3) is 2.35. The van der Waals surface area contributed by atoms with Crippen LogP contribution >= 0.6 is 0 Å². The zero-order valence-electron chi connectivity index (χ0n) is 8.65. The molecule has 0 bridgehead atoms. The third-order valence-electron chi connectivity index (χ3n) is 3.46. The molecule has 2 fully saturated rings. The number of nitrogens with zero attached hydrogens (tertiary/aromatic N) is 1. The number of rotatable bonds is 1. The van der Waals surface area contributed by atoms with Crippen molar-refractivity contribution in [1.29, 1.82) is 0 Å². The predicted octanol–water partition coefficient (Wildman–Crippen LogP) is 0.321. The quantitative estimate of drug-likeness (QED) is 0.687. The molecule has 4 heteroatoms. The van der Waals surface area contributed by atoms with Crippen molar-refractivity contribution in [3.05, 3.63) is 0 Å². The van der Waals surface area contributed by atoms with Crippen LogP contribution in [0.2, 0.25) is 0 Å².